The predicted octanol–water partition coefficient (Wildman–Crippen LogP) is 5.39. The van der Waals surface area contributed by atoms with Gasteiger partial charge in [0.25, 0.3) is 0 Å². The van der Waals surface area contributed by atoms with Crippen molar-refractivity contribution in [3.63, 3.8) is 0 Å². The summed E-state index contributed by atoms with van der Waals surface area (Å²) in [4.78, 5) is 31.3. The van der Waals surface area contributed by atoms with Crippen molar-refractivity contribution in [1.82, 2.24) is 24.9 Å². The van der Waals surface area contributed by atoms with Gasteiger partial charge in [0.2, 0.25) is 5.88 Å². The number of nitrogens with one attached hydrogen (secondary N) is 1. The number of carboxylic acid groups (broad SMARTS) is 1. The number of hydrogen-bond acceptors (Lipinski definition) is 7. The molecular formula is C25H22F3N5O4. The fraction of sp³-hybridized carbons (Fsp3) is 0.320. The van der Waals surface area contributed by atoms with Gasteiger partial charge in [-0.05, 0) is 49.8 Å². The molecule has 2 N–H and O–H groups in total. The van der Waals surface area contributed by atoms with Crippen molar-refractivity contribution >= 4 is 17.0 Å². The number of hydrogen-bond donors (Lipinski definition) is 2. The van der Waals surface area contributed by atoms with Crippen molar-refractivity contribution in [1.29, 1.82) is 0 Å². The maximum Gasteiger partial charge on any atom is 0.573 e. The maximum absolute atomic E-state index is 12.5. The Morgan fingerprint density at radius 1 is 1.00 bits per heavy atom. The summed E-state index contributed by atoms with van der Waals surface area (Å²) < 4.78 is 47.3. The molecule has 12 heteroatoms. The number of ether oxygens (including phenoxy) is 2. The molecule has 0 amide bonds. The minimum absolute atomic E-state index is 0.0161. The number of nitrogens with zero attached hydrogens (tertiary/aromatic N) is 4. The van der Waals surface area contributed by atoms with E-state index in [2.05, 4.69) is 29.7 Å². The van der Waals surface area contributed by atoms with Gasteiger partial charge in [0.05, 0.1) is 29.1 Å². The smallest absolute Gasteiger partial charge is 0.481 e. The van der Waals surface area contributed by atoms with E-state index >= 15 is 0 Å². The monoisotopic (exact) mass is 513 g/mol. The van der Waals surface area contributed by atoms with Crippen LogP contribution in [0.15, 0.2) is 48.9 Å². The highest BCUT2D eigenvalue weighted by Gasteiger charge is 2.31. The molecule has 1 saturated carbocycles. The molecule has 4 aromatic rings. The summed E-state index contributed by atoms with van der Waals surface area (Å²) in [6.45, 7) is 0. The number of rotatable bonds is 7. The van der Waals surface area contributed by atoms with Crippen LogP contribution in [-0.2, 0) is 4.79 Å². The van der Waals surface area contributed by atoms with Crippen molar-refractivity contribution in [2.45, 2.75) is 44.6 Å². The molecule has 1 fully saturated rings. The van der Waals surface area contributed by atoms with Crippen LogP contribution in [-0.4, -0.2) is 48.5 Å². The van der Waals surface area contributed by atoms with E-state index in [0.29, 0.717) is 34.1 Å². The number of alkyl halides is 3. The first-order chi connectivity index (χ1) is 17.7. The van der Waals surface area contributed by atoms with Crippen LogP contribution < -0.4 is 9.47 Å². The molecular weight excluding hydrogens is 491 g/mol. The highest BCUT2D eigenvalue weighted by Crippen LogP contribution is 2.30. The second kappa shape index (κ2) is 10.0. The fourth-order valence-electron chi connectivity index (χ4n) is 4.38. The van der Waals surface area contributed by atoms with Gasteiger partial charge >= 0.3 is 12.3 Å². The lowest BCUT2D eigenvalue weighted by molar-refractivity contribution is -0.274. The van der Waals surface area contributed by atoms with Gasteiger partial charge in [-0.1, -0.05) is 0 Å². The summed E-state index contributed by atoms with van der Waals surface area (Å²) in [7, 11) is 0. The normalized spacial score (nSPS) is 18.0. The molecule has 1 aliphatic rings. The van der Waals surface area contributed by atoms with E-state index in [1.807, 2.05) is 6.07 Å². The highest BCUT2D eigenvalue weighted by atomic mass is 19.4. The van der Waals surface area contributed by atoms with Gasteiger partial charge in [0.1, 0.15) is 17.5 Å². The number of carboxylic acids is 1. The van der Waals surface area contributed by atoms with Gasteiger partial charge in [-0.25, -0.2) is 15.0 Å². The number of H-pyrrole nitrogens is 1. The highest BCUT2D eigenvalue weighted by molar-refractivity contribution is 5.80. The number of aromatic nitrogens is 5. The Kier molecular flexibility index (Phi) is 6.64. The summed E-state index contributed by atoms with van der Waals surface area (Å²) in [5.41, 5.74) is 2.57. The number of imidazole rings is 1. The molecule has 0 spiro atoms. The van der Waals surface area contributed by atoms with Crippen LogP contribution in [0.4, 0.5) is 13.2 Å². The molecule has 5 rings (SSSR count). The predicted molar refractivity (Wildman–Crippen MR) is 126 cm³/mol. The van der Waals surface area contributed by atoms with Crippen LogP contribution in [0.1, 0.15) is 32.1 Å². The summed E-state index contributed by atoms with van der Waals surface area (Å²) in [6, 6.07) is 7.42. The molecule has 0 aliphatic heterocycles. The Morgan fingerprint density at radius 3 is 2.41 bits per heavy atom. The maximum atomic E-state index is 12.5. The Labute approximate surface area is 208 Å². The van der Waals surface area contributed by atoms with Gasteiger partial charge in [-0.3, -0.25) is 9.78 Å². The van der Waals surface area contributed by atoms with E-state index in [9.17, 15) is 18.0 Å². The van der Waals surface area contributed by atoms with E-state index in [1.165, 1.54) is 24.4 Å². The van der Waals surface area contributed by atoms with E-state index in [4.69, 9.17) is 9.84 Å². The minimum atomic E-state index is -4.78. The number of fused-ring (bicyclic) bond motifs is 1. The zero-order valence-corrected chi connectivity index (χ0v) is 19.4. The first-order valence-corrected chi connectivity index (χ1v) is 11.6. The lowest BCUT2D eigenvalue weighted by Gasteiger charge is -2.27. The fourth-order valence-corrected chi connectivity index (χ4v) is 4.38. The third-order valence-corrected chi connectivity index (χ3v) is 6.16. The van der Waals surface area contributed by atoms with Crippen LogP contribution in [0.25, 0.3) is 33.8 Å². The average Bonchev–Trinajstić information content (AvgIpc) is 3.28. The molecule has 3 aromatic heterocycles. The molecule has 37 heavy (non-hydrogen) atoms. The number of pyridine rings is 1. The Hall–Kier alpha value is -4.22. The Balaban J connectivity index is 1.22. The molecule has 1 aliphatic carbocycles. The summed E-state index contributed by atoms with van der Waals surface area (Å²) >= 11 is 0. The van der Waals surface area contributed by atoms with Gasteiger partial charge in [-0.15, -0.1) is 13.2 Å². The lowest BCUT2D eigenvalue weighted by Crippen LogP contribution is -2.25. The summed E-state index contributed by atoms with van der Waals surface area (Å²) in [5, 5.41) is 8.94. The number of aromatic amines is 1. The lowest BCUT2D eigenvalue weighted by atomic mass is 9.85. The molecule has 0 saturated heterocycles. The molecule has 0 radical (unpaired) electrons. The zero-order chi connectivity index (χ0) is 26.0. The van der Waals surface area contributed by atoms with E-state index in [0.717, 1.165) is 31.2 Å². The summed E-state index contributed by atoms with van der Waals surface area (Å²) in [5.74, 6) is -0.0506. The molecule has 0 bridgehead atoms. The largest absolute Gasteiger partial charge is 0.573 e. The first-order valence-electron chi connectivity index (χ1n) is 11.6. The van der Waals surface area contributed by atoms with Crippen LogP contribution >= 0.6 is 0 Å². The van der Waals surface area contributed by atoms with Crippen LogP contribution in [0.3, 0.4) is 0 Å². The average molecular weight is 513 g/mol. The first kappa shape index (κ1) is 24.5. The molecule has 0 atom stereocenters. The SMILES string of the molecule is O=C(O)CC1CCC(Oc2ccc(-c3cnc(-c4nc5ccc(OC(F)(F)F)cc5[nH]4)cn3)cn2)CC1. The van der Waals surface area contributed by atoms with E-state index in [-0.39, 0.29) is 24.2 Å². The number of carbonyl (C=O) groups is 1. The van der Waals surface area contributed by atoms with E-state index in [1.54, 1.807) is 18.5 Å². The van der Waals surface area contributed by atoms with Gasteiger partial charge in [0.15, 0.2) is 5.82 Å². The topological polar surface area (TPSA) is 123 Å². The van der Waals surface area contributed by atoms with Crippen molar-refractivity contribution in [2.24, 2.45) is 5.92 Å². The Morgan fingerprint density at radius 2 is 1.76 bits per heavy atom. The van der Waals surface area contributed by atoms with Crippen LogP contribution in [0.5, 0.6) is 11.6 Å². The molecule has 1 aromatic carbocycles. The van der Waals surface area contributed by atoms with Gasteiger partial charge in [-0.2, -0.15) is 0 Å². The van der Waals surface area contributed by atoms with Crippen molar-refractivity contribution < 1.29 is 32.5 Å². The molecule has 0 unspecified atom stereocenters. The van der Waals surface area contributed by atoms with Crippen molar-refractivity contribution in [3.8, 4) is 34.4 Å². The zero-order valence-electron chi connectivity index (χ0n) is 19.4. The molecule has 9 nitrogen and oxygen atoms in total. The summed E-state index contributed by atoms with van der Waals surface area (Å²) in [6.07, 6.45) is 3.39. The van der Waals surface area contributed by atoms with Gasteiger partial charge < -0.3 is 19.6 Å². The number of aliphatic carboxylic acids is 1. The van der Waals surface area contributed by atoms with Crippen LogP contribution in [0, 0.1) is 5.92 Å². The number of halogens is 3. The van der Waals surface area contributed by atoms with E-state index < -0.39 is 12.3 Å². The molecule has 3 heterocycles. The second-order valence-electron chi connectivity index (χ2n) is 8.84. The number of benzene rings is 1. The van der Waals surface area contributed by atoms with Crippen molar-refractivity contribution in [2.75, 3.05) is 0 Å². The quantitative estimate of drug-likeness (QED) is 0.337. The minimum Gasteiger partial charge on any atom is -0.481 e. The van der Waals surface area contributed by atoms with Crippen molar-refractivity contribution in [3.05, 3.63) is 48.9 Å². The van der Waals surface area contributed by atoms with Gasteiger partial charge in [0, 0.05) is 30.3 Å². The third kappa shape index (κ3) is 6.13. The second-order valence-corrected chi connectivity index (χ2v) is 8.84. The standard InChI is InChI=1S/C25H22F3N5O4/c26-25(27,28)37-17-6-7-18-19(10-17)33-24(32-18)21-13-29-20(12-30-21)15-3-8-22(31-11-15)36-16-4-1-14(2-5-16)9-23(34)35/h3,6-8,10-14,16H,1-2,4-5,9H2,(H,32,33)(H,34,35). The molecule has 192 valence electrons. The Bertz CT molecular complexity index is 1380. The third-order valence-electron chi connectivity index (χ3n) is 6.16. The van der Waals surface area contributed by atoms with Crippen LogP contribution in [0.2, 0.25) is 0 Å².